The molecule has 1 aromatic rings. The number of aromatic nitrogens is 1. The maximum absolute atomic E-state index is 11.1. The van der Waals surface area contributed by atoms with E-state index in [0.717, 1.165) is 43.0 Å². The number of aryl methyl sites for hydroxylation is 2. The van der Waals surface area contributed by atoms with Gasteiger partial charge in [0.1, 0.15) is 5.76 Å². The number of ether oxygens (including phenoxy) is 2. The molecule has 1 saturated carbocycles. The minimum atomic E-state index is -1.48. The molecule has 3 rings (SSSR count). The van der Waals surface area contributed by atoms with Gasteiger partial charge in [-0.3, -0.25) is 0 Å². The lowest BCUT2D eigenvalue weighted by atomic mass is 9.89. The first-order valence-electron chi connectivity index (χ1n) is 9.95. The van der Waals surface area contributed by atoms with Gasteiger partial charge in [-0.25, -0.2) is 9.78 Å². The fraction of sp³-hybridized carbons (Fsp3) is 0.800. The zero-order valence-electron chi connectivity index (χ0n) is 16.0. The van der Waals surface area contributed by atoms with Gasteiger partial charge in [0, 0.05) is 18.8 Å². The molecule has 146 valence electrons. The lowest BCUT2D eigenvalue weighted by Gasteiger charge is -2.34. The Morgan fingerprint density at radius 2 is 1.88 bits per heavy atom. The molecule has 0 spiro atoms. The van der Waals surface area contributed by atoms with E-state index in [-0.39, 0.29) is 5.92 Å². The molecule has 0 atom stereocenters. The van der Waals surface area contributed by atoms with Gasteiger partial charge in [-0.2, -0.15) is 0 Å². The van der Waals surface area contributed by atoms with Crippen LogP contribution in [0.3, 0.4) is 0 Å². The van der Waals surface area contributed by atoms with E-state index in [2.05, 4.69) is 0 Å². The molecule has 6 nitrogen and oxygen atoms in total. The highest BCUT2D eigenvalue weighted by molar-refractivity contribution is 5.75. The van der Waals surface area contributed by atoms with E-state index in [1.165, 1.54) is 39.0 Å². The number of unbranched alkanes of at least 4 members (excludes halogenated alkanes) is 1. The van der Waals surface area contributed by atoms with Gasteiger partial charge in [0.2, 0.25) is 0 Å². The lowest BCUT2D eigenvalue weighted by molar-refractivity contribution is -0.271. The Labute approximate surface area is 155 Å². The summed E-state index contributed by atoms with van der Waals surface area (Å²) in [6.45, 7) is 4.36. The molecular formula is C20H31NO5. The Kier molecular flexibility index (Phi) is 6.35. The predicted octanol–water partition coefficient (Wildman–Crippen LogP) is 4.21. The van der Waals surface area contributed by atoms with Crippen molar-refractivity contribution in [2.45, 2.75) is 83.3 Å². The number of nitrogens with zero attached hydrogens (tertiary/aromatic N) is 1. The minimum Gasteiger partial charge on any atom is -0.477 e. The zero-order valence-corrected chi connectivity index (χ0v) is 16.0. The second-order valence-corrected chi connectivity index (χ2v) is 7.87. The van der Waals surface area contributed by atoms with Crippen molar-refractivity contribution in [2.24, 2.45) is 5.92 Å². The molecule has 1 aromatic heterocycles. The first kappa shape index (κ1) is 19.4. The van der Waals surface area contributed by atoms with Gasteiger partial charge in [-0.1, -0.05) is 25.7 Å². The fourth-order valence-corrected chi connectivity index (χ4v) is 3.87. The third kappa shape index (κ3) is 4.65. The normalized spacial score (nSPS) is 27.5. The average Bonchev–Trinajstić information content (AvgIpc) is 3.02. The van der Waals surface area contributed by atoms with Crippen molar-refractivity contribution < 1.29 is 23.8 Å². The summed E-state index contributed by atoms with van der Waals surface area (Å²) in [6.07, 6.45) is 10.3. The van der Waals surface area contributed by atoms with Gasteiger partial charge in [-0.15, -0.1) is 0 Å². The molecule has 0 radical (unpaired) electrons. The Hall–Kier alpha value is -1.40. The summed E-state index contributed by atoms with van der Waals surface area (Å²) < 4.78 is 16.7. The molecule has 2 aliphatic rings. The molecule has 2 fully saturated rings. The first-order chi connectivity index (χ1) is 12.5. The fourth-order valence-electron chi connectivity index (χ4n) is 3.87. The van der Waals surface area contributed by atoms with Gasteiger partial charge >= 0.3 is 5.97 Å². The largest absolute Gasteiger partial charge is 0.477 e. The van der Waals surface area contributed by atoms with Crippen molar-refractivity contribution in [1.29, 1.82) is 0 Å². The number of oxazole rings is 1. The Balaban J connectivity index is 1.39. The molecule has 1 N–H and O–H groups in total. The summed E-state index contributed by atoms with van der Waals surface area (Å²) in [7, 11) is 0. The second-order valence-electron chi connectivity index (χ2n) is 7.87. The third-order valence-corrected chi connectivity index (χ3v) is 5.72. The van der Waals surface area contributed by atoms with E-state index in [9.17, 15) is 4.79 Å². The second kappa shape index (κ2) is 8.53. The Morgan fingerprint density at radius 1 is 1.19 bits per heavy atom. The van der Waals surface area contributed by atoms with Crippen LogP contribution in [0.4, 0.5) is 0 Å². The summed E-state index contributed by atoms with van der Waals surface area (Å²) >= 11 is 0. The Bertz CT molecular complexity index is 597. The molecule has 1 aliphatic heterocycles. The van der Waals surface area contributed by atoms with Crippen molar-refractivity contribution in [2.75, 3.05) is 13.2 Å². The summed E-state index contributed by atoms with van der Waals surface area (Å²) in [5.41, 5.74) is 1.10. The molecule has 1 aliphatic carbocycles. The van der Waals surface area contributed by atoms with Crippen LogP contribution in [-0.2, 0) is 20.7 Å². The highest BCUT2D eigenvalue weighted by Gasteiger charge is 2.40. The van der Waals surface area contributed by atoms with Gasteiger partial charge in [0.25, 0.3) is 5.79 Å². The van der Waals surface area contributed by atoms with E-state index >= 15 is 0 Å². The number of hydrogen-bond acceptors (Lipinski definition) is 5. The number of hydrogen-bond donors (Lipinski definition) is 1. The molecular weight excluding hydrogens is 334 g/mol. The van der Waals surface area contributed by atoms with E-state index in [1.54, 1.807) is 0 Å². The smallest absolute Gasteiger partial charge is 0.364 e. The molecule has 1 saturated heterocycles. The predicted molar refractivity (Wildman–Crippen MR) is 96.1 cm³/mol. The SMILES string of the molecule is Cc1oc(C2CCCCC2)nc1CCCC[C@H]1CO[C@@](C)(C(=O)O)OC1. The first-order valence-corrected chi connectivity index (χ1v) is 9.95. The van der Waals surface area contributed by atoms with Crippen LogP contribution in [0.1, 0.15) is 81.6 Å². The minimum absolute atomic E-state index is 0.263. The van der Waals surface area contributed by atoms with Crippen LogP contribution in [0.25, 0.3) is 0 Å². The highest BCUT2D eigenvalue weighted by Crippen LogP contribution is 2.33. The maximum atomic E-state index is 11.1. The molecule has 0 unspecified atom stereocenters. The van der Waals surface area contributed by atoms with Crippen molar-refractivity contribution in [3.05, 3.63) is 17.3 Å². The third-order valence-electron chi connectivity index (χ3n) is 5.72. The molecule has 0 bridgehead atoms. The van der Waals surface area contributed by atoms with Crippen LogP contribution < -0.4 is 0 Å². The maximum Gasteiger partial charge on any atom is 0.364 e. The van der Waals surface area contributed by atoms with Crippen LogP contribution in [0.5, 0.6) is 0 Å². The van der Waals surface area contributed by atoms with Gasteiger partial charge in [0.05, 0.1) is 18.9 Å². The van der Waals surface area contributed by atoms with Crippen LogP contribution in [0, 0.1) is 12.8 Å². The molecule has 0 aromatic carbocycles. The highest BCUT2D eigenvalue weighted by atomic mass is 16.7. The zero-order chi connectivity index (χ0) is 18.6. The van der Waals surface area contributed by atoms with E-state index in [4.69, 9.17) is 24.0 Å². The number of aliphatic carboxylic acids is 1. The molecule has 0 amide bonds. The quantitative estimate of drug-likeness (QED) is 0.729. The summed E-state index contributed by atoms with van der Waals surface area (Å²) in [5, 5.41) is 9.08. The van der Waals surface area contributed by atoms with Crippen molar-refractivity contribution >= 4 is 5.97 Å². The van der Waals surface area contributed by atoms with Gasteiger partial charge in [-0.05, 0) is 39.0 Å². The topological polar surface area (TPSA) is 81.8 Å². The summed E-state index contributed by atoms with van der Waals surface area (Å²) in [6, 6.07) is 0. The number of rotatable bonds is 7. The summed E-state index contributed by atoms with van der Waals surface area (Å²) in [5.74, 6) is 0.136. The monoisotopic (exact) mass is 365 g/mol. The van der Waals surface area contributed by atoms with Crippen LogP contribution in [-0.4, -0.2) is 35.1 Å². The summed E-state index contributed by atoms with van der Waals surface area (Å²) in [4.78, 5) is 15.9. The van der Waals surface area contributed by atoms with E-state index in [1.807, 2.05) is 6.92 Å². The number of carboxylic acid groups (broad SMARTS) is 1. The lowest BCUT2D eigenvalue weighted by Crippen LogP contribution is -2.47. The van der Waals surface area contributed by atoms with E-state index in [0.29, 0.717) is 19.1 Å². The van der Waals surface area contributed by atoms with Crippen LogP contribution in [0.15, 0.2) is 4.42 Å². The van der Waals surface area contributed by atoms with Gasteiger partial charge in [0.15, 0.2) is 5.89 Å². The van der Waals surface area contributed by atoms with Gasteiger partial charge < -0.3 is 19.0 Å². The molecule has 6 heteroatoms. The number of carbonyl (C=O) groups is 1. The van der Waals surface area contributed by atoms with E-state index < -0.39 is 11.8 Å². The molecule has 2 heterocycles. The molecule has 26 heavy (non-hydrogen) atoms. The van der Waals surface area contributed by atoms with Crippen LogP contribution >= 0.6 is 0 Å². The van der Waals surface area contributed by atoms with Crippen LogP contribution in [0.2, 0.25) is 0 Å². The number of carboxylic acids is 1. The average molecular weight is 365 g/mol. The van der Waals surface area contributed by atoms with Crippen molar-refractivity contribution in [3.8, 4) is 0 Å². The van der Waals surface area contributed by atoms with Crippen molar-refractivity contribution in [3.63, 3.8) is 0 Å². The Morgan fingerprint density at radius 3 is 2.54 bits per heavy atom. The standard InChI is InChI=1S/C20H31NO5/c1-14-17(21-18(26-14)16-9-4-3-5-10-16)11-7-6-8-15-12-24-20(2,19(22)23)25-13-15/h15-16H,3-13H2,1-2H3,(H,22,23)/t15-,20+. The van der Waals surface area contributed by atoms with Crippen molar-refractivity contribution in [1.82, 2.24) is 4.98 Å².